The summed E-state index contributed by atoms with van der Waals surface area (Å²) in [7, 11) is 0. The highest BCUT2D eigenvalue weighted by Gasteiger charge is 2.28. The summed E-state index contributed by atoms with van der Waals surface area (Å²) in [5.41, 5.74) is 2.89. The first-order valence-electron chi connectivity index (χ1n) is 8.53. The Balaban J connectivity index is 2.19. The van der Waals surface area contributed by atoms with Gasteiger partial charge in [0.05, 0.1) is 4.92 Å². The van der Waals surface area contributed by atoms with Crippen LogP contribution in [0.25, 0.3) is 11.1 Å². The second-order valence-corrected chi connectivity index (χ2v) is 6.50. The van der Waals surface area contributed by atoms with Gasteiger partial charge in [0.2, 0.25) is 0 Å². The highest BCUT2D eigenvalue weighted by Crippen LogP contribution is 2.39. The molecule has 1 aliphatic rings. The maximum atomic E-state index is 12.4. The van der Waals surface area contributed by atoms with Crippen molar-refractivity contribution < 1.29 is 4.92 Å². The van der Waals surface area contributed by atoms with Crippen LogP contribution in [0, 0.1) is 16.0 Å². The number of benzene rings is 1. The molecule has 1 aromatic heterocycles. The van der Waals surface area contributed by atoms with E-state index in [4.69, 9.17) is 0 Å². The van der Waals surface area contributed by atoms with Crippen molar-refractivity contribution in [2.75, 3.05) is 0 Å². The standard InChI is InChI=1S/C19H22N2O3/c1-3-13-10-14(4-2)19-17(8-9-18(22)20(19)12-13)15-6-5-7-16(11-15)21(23)24/h5-9,11,13-14H,3-4,10,12H2,1-2H3. The summed E-state index contributed by atoms with van der Waals surface area (Å²) in [6, 6.07) is 10.1. The van der Waals surface area contributed by atoms with E-state index in [1.807, 2.05) is 16.7 Å². The van der Waals surface area contributed by atoms with Crippen molar-refractivity contribution in [2.45, 2.75) is 45.6 Å². The Morgan fingerprint density at radius 2 is 2.00 bits per heavy atom. The van der Waals surface area contributed by atoms with Gasteiger partial charge in [0, 0.05) is 41.9 Å². The summed E-state index contributed by atoms with van der Waals surface area (Å²) < 4.78 is 1.89. The van der Waals surface area contributed by atoms with Crippen LogP contribution >= 0.6 is 0 Å². The second kappa shape index (κ2) is 6.59. The zero-order chi connectivity index (χ0) is 17.3. The number of pyridine rings is 1. The van der Waals surface area contributed by atoms with Crippen LogP contribution in [0.15, 0.2) is 41.2 Å². The van der Waals surface area contributed by atoms with Crippen molar-refractivity contribution in [3.05, 3.63) is 62.6 Å². The van der Waals surface area contributed by atoms with Gasteiger partial charge in [0.1, 0.15) is 0 Å². The summed E-state index contributed by atoms with van der Waals surface area (Å²) in [4.78, 5) is 23.1. The fourth-order valence-electron chi connectivity index (χ4n) is 3.76. The SMILES string of the molecule is CCC1CC(CC)c2c(-c3cccc([N+](=O)[O-])c3)ccc(=O)n2C1. The minimum atomic E-state index is -0.379. The molecule has 0 aliphatic carbocycles. The smallest absolute Gasteiger partial charge is 0.270 e. The van der Waals surface area contributed by atoms with Gasteiger partial charge in [-0.15, -0.1) is 0 Å². The van der Waals surface area contributed by atoms with Gasteiger partial charge >= 0.3 is 0 Å². The highest BCUT2D eigenvalue weighted by atomic mass is 16.6. The summed E-state index contributed by atoms with van der Waals surface area (Å²) in [6.07, 6.45) is 3.09. The van der Waals surface area contributed by atoms with E-state index in [2.05, 4.69) is 13.8 Å². The molecule has 0 radical (unpaired) electrons. The maximum absolute atomic E-state index is 12.4. The van der Waals surface area contributed by atoms with Gasteiger partial charge in [0.25, 0.3) is 11.2 Å². The lowest BCUT2D eigenvalue weighted by Gasteiger charge is -2.33. The lowest BCUT2D eigenvalue weighted by molar-refractivity contribution is -0.384. The molecule has 2 aromatic rings. The van der Waals surface area contributed by atoms with Crippen LogP contribution in [0.5, 0.6) is 0 Å². The molecule has 0 saturated carbocycles. The molecule has 0 amide bonds. The van der Waals surface area contributed by atoms with E-state index >= 15 is 0 Å². The van der Waals surface area contributed by atoms with E-state index in [1.54, 1.807) is 18.2 Å². The van der Waals surface area contributed by atoms with Gasteiger partial charge in [-0.05, 0) is 30.4 Å². The Labute approximate surface area is 141 Å². The average molecular weight is 326 g/mol. The minimum absolute atomic E-state index is 0.0239. The third-order valence-corrected chi connectivity index (χ3v) is 5.11. The molecule has 1 aliphatic heterocycles. The second-order valence-electron chi connectivity index (χ2n) is 6.50. The van der Waals surface area contributed by atoms with Crippen LogP contribution in [-0.4, -0.2) is 9.49 Å². The average Bonchev–Trinajstić information content (AvgIpc) is 2.61. The zero-order valence-electron chi connectivity index (χ0n) is 14.1. The zero-order valence-corrected chi connectivity index (χ0v) is 14.1. The molecule has 2 heterocycles. The van der Waals surface area contributed by atoms with Crippen molar-refractivity contribution >= 4 is 5.69 Å². The lowest BCUT2D eigenvalue weighted by atomic mass is 9.81. The highest BCUT2D eigenvalue weighted by molar-refractivity contribution is 5.69. The summed E-state index contributed by atoms with van der Waals surface area (Å²) >= 11 is 0. The Kier molecular flexibility index (Phi) is 4.51. The largest absolute Gasteiger partial charge is 0.311 e. The molecule has 0 N–H and O–H groups in total. The van der Waals surface area contributed by atoms with Crippen LogP contribution in [0.4, 0.5) is 5.69 Å². The molecule has 1 aromatic carbocycles. The van der Waals surface area contributed by atoms with E-state index in [1.165, 1.54) is 6.07 Å². The number of aromatic nitrogens is 1. The Morgan fingerprint density at radius 1 is 1.21 bits per heavy atom. The van der Waals surface area contributed by atoms with Crippen LogP contribution in [0.2, 0.25) is 0 Å². The third kappa shape index (κ3) is 2.86. The molecule has 0 bridgehead atoms. The Hall–Kier alpha value is -2.43. The van der Waals surface area contributed by atoms with Crippen LogP contribution in [-0.2, 0) is 6.54 Å². The summed E-state index contributed by atoms with van der Waals surface area (Å²) in [5, 5.41) is 11.1. The first-order chi connectivity index (χ1) is 11.5. The van der Waals surface area contributed by atoms with Crippen LogP contribution < -0.4 is 5.56 Å². The van der Waals surface area contributed by atoms with Gasteiger partial charge < -0.3 is 4.57 Å². The van der Waals surface area contributed by atoms with E-state index in [9.17, 15) is 14.9 Å². The lowest BCUT2D eigenvalue weighted by Crippen LogP contribution is -2.33. The molecule has 2 atom stereocenters. The molecule has 2 unspecified atom stereocenters. The topological polar surface area (TPSA) is 65.1 Å². The number of hydrogen-bond acceptors (Lipinski definition) is 3. The van der Waals surface area contributed by atoms with E-state index in [-0.39, 0.29) is 16.2 Å². The van der Waals surface area contributed by atoms with Gasteiger partial charge in [-0.2, -0.15) is 0 Å². The Morgan fingerprint density at radius 3 is 2.67 bits per heavy atom. The van der Waals surface area contributed by atoms with Gasteiger partial charge in [0.15, 0.2) is 0 Å². The van der Waals surface area contributed by atoms with Crippen molar-refractivity contribution in [3.63, 3.8) is 0 Å². The van der Waals surface area contributed by atoms with Crippen LogP contribution in [0.3, 0.4) is 0 Å². The number of nitro groups is 1. The molecule has 5 nitrogen and oxygen atoms in total. The number of non-ortho nitro benzene ring substituents is 1. The number of rotatable bonds is 4. The van der Waals surface area contributed by atoms with Crippen LogP contribution in [0.1, 0.15) is 44.7 Å². The first kappa shape index (κ1) is 16.4. The monoisotopic (exact) mass is 326 g/mol. The number of fused-ring (bicyclic) bond motifs is 1. The summed E-state index contributed by atoms with van der Waals surface area (Å²) in [6.45, 7) is 5.05. The molecule has 3 rings (SSSR count). The molecule has 126 valence electrons. The predicted octanol–water partition coefficient (Wildman–Crippen LogP) is 4.35. The Bertz CT molecular complexity index is 826. The van der Waals surface area contributed by atoms with E-state index in [0.29, 0.717) is 11.8 Å². The number of nitro benzene ring substituents is 1. The molecule has 24 heavy (non-hydrogen) atoms. The molecule has 0 spiro atoms. The van der Waals surface area contributed by atoms with Crippen molar-refractivity contribution in [1.29, 1.82) is 0 Å². The van der Waals surface area contributed by atoms with E-state index < -0.39 is 0 Å². The summed E-state index contributed by atoms with van der Waals surface area (Å²) in [5.74, 6) is 0.826. The van der Waals surface area contributed by atoms with Crippen molar-refractivity contribution in [2.24, 2.45) is 5.92 Å². The van der Waals surface area contributed by atoms with Gasteiger partial charge in [-0.3, -0.25) is 14.9 Å². The normalized spacial score (nSPS) is 19.8. The minimum Gasteiger partial charge on any atom is -0.311 e. The fourth-order valence-corrected chi connectivity index (χ4v) is 3.76. The fraction of sp³-hybridized carbons (Fsp3) is 0.421. The number of hydrogen-bond donors (Lipinski definition) is 0. The van der Waals surface area contributed by atoms with Gasteiger partial charge in [-0.25, -0.2) is 0 Å². The first-order valence-corrected chi connectivity index (χ1v) is 8.53. The van der Waals surface area contributed by atoms with Gasteiger partial charge in [-0.1, -0.05) is 32.4 Å². The molecular weight excluding hydrogens is 304 g/mol. The molecular formula is C19H22N2O3. The molecule has 0 fully saturated rings. The third-order valence-electron chi connectivity index (χ3n) is 5.11. The van der Waals surface area contributed by atoms with Crippen molar-refractivity contribution in [1.82, 2.24) is 4.57 Å². The predicted molar refractivity (Wildman–Crippen MR) is 94.2 cm³/mol. The molecule has 0 saturated heterocycles. The molecule has 5 heteroatoms. The number of nitrogens with zero attached hydrogens (tertiary/aromatic N) is 2. The maximum Gasteiger partial charge on any atom is 0.270 e. The van der Waals surface area contributed by atoms with E-state index in [0.717, 1.165) is 42.6 Å². The quantitative estimate of drug-likeness (QED) is 0.620. The van der Waals surface area contributed by atoms with Crippen molar-refractivity contribution in [3.8, 4) is 11.1 Å².